The van der Waals surface area contributed by atoms with Gasteiger partial charge in [0.25, 0.3) is 0 Å². The third kappa shape index (κ3) is 22.9. The van der Waals surface area contributed by atoms with Gasteiger partial charge in [-0.1, -0.05) is 0 Å². The van der Waals surface area contributed by atoms with Crippen LogP contribution in [0.1, 0.15) is 0 Å². The Balaban J connectivity index is 0. The van der Waals surface area contributed by atoms with Gasteiger partial charge in [0, 0.05) is 21.1 Å². The maximum Gasteiger partial charge on any atom is 0.181 e. The van der Waals surface area contributed by atoms with Gasteiger partial charge in [-0.25, -0.2) is 0 Å². The Morgan fingerprint density at radius 2 is 1.20 bits per heavy atom. The van der Waals surface area contributed by atoms with Gasteiger partial charge < -0.3 is 0 Å². The maximum absolute atomic E-state index is 7.26. The zero-order valence-electron chi connectivity index (χ0n) is 2.21. The molecule has 0 aliphatic carbocycles. The van der Waals surface area contributed by atoms with Crippen molar-refractivity contribution in [3.05, 3.63) is 0 Å². The molecule has 0 unspecified atom stereocenters. The minimum atomic E-state index is 0. The average molecular weight is 247 g/mol. The number of nitriles is 2. The molecule has 0 amide bonds. The van der Waals surface area contributed by atoms with Crippen molar-refractivity contribution in [1.82, 2.24) is 0 Å². The summed E-state index contributed by atoms with van der Waals surface area (Å²) in [7, 11) is 0. The molecule has 0 rings (SSSR count). The van der Waals surface area contributed by atoms with E-state index in [0.717, 1.165) is 0 Å². The Kier molecular flexibility index (Phi) is 16.6. The minimum absolute atomic E-state index is 0. The molecule has 0 radical (unpaired) electrons. The fraction of sp³-hybridized carbons (Fsp3) is 0. The monoisotopic (exact) mass is 247 g/mol. The summed E-state index contributed by atoms with van der Waals surface area (Å²) < 4.78 is 0. The molecular weight excluding hydrogens is 247 g/mol. The van der Waals surface area contributed by atoms with Gasteiger partial charge in [-0.3, -0.25) is 0 Å². The van der Waals surface area contributed by atoms with E-state index in [1.807, 2.05) is 0 Å². The summed E-state index contributed by atoms with van der Waals surface area (Å²) >= 11 is 0. The van der Waals surface area contributed by atoms with Crippen LogP contribution in [0.15, 0.2) is 0 Å². The Bertz CT molecular complexity index is 62.6. The van der Waals surface area contributed by atoms with Crippen LogP contribution >= 0.6 is 0 Å². The summed E-state index contributed by atoms with van der Waals surface area (Å²) in [6, 6.07) is 2.47. The summed E-state index contributed by atoms with van der Waals surface area (Å²) in [6.45, 7) is 0. The van der Waals surface area contributed by atoms with Gasteiger partial charge >= 0.3 is 0 Å². The Hall–Kier alpha value is -0.332. The Labute approximate surface area is 44.3 Å². The van der Waals surface area contributed by atoms with Crippen molar-refractivity contribution in [2.45, 2.75) is 0 Å². The molecule has 0 aliphatic heterocycles. The van der Waals surface area contributed by atoms with Crippen LogP contribution in [-0.4, -0.2) is 0 Å². The van der Waals surface area contributed by atoms with Gasteiger partial charge in [0.15, 0.2) is 12.1 Å². The van der Waals surface area contributed by atoms with Crippen LogP contribution in [0.2, 0.25) is 0 Å². The summed E-state index contributed by atoms with van der Waals surface area (Å²) in [4.78, 5) is 0. The van der Waals surface area contributed by atoms with Crippen LogP contribution in [0.25, 0.3) is 0 Å². The van der Waals surface area contributed by atoms with Gasteiger partial charge in [0.05, 0.1) is 0 Å². The van der Waals surface area contributed by atoms with E-state index in [1.165, 1.54) is 12.1 Å². The van der Waals surface area contributed by atoms with E-state index in [9.17, 15) is 0 Å². The molecular formula is C2N2Pt. The quantitative estimate of drug-likeness (QED) is 0.606. The smallest absolute Gasteiger partial charge is 0.181 e. The van der Waals surface area contributed by atoms with Crippen LogP contribution in [0.4, 0.5) is 0 Å². The van der Waals surface area contributed by atoms with E-state index in [0.29, 0.717) is 0 Å². The Morgan fingerprint density at radius 1 is 1.00 bits per heavy atom. The summed E-state index contributed by atoms with van der Waals surface area (Å²) in [5.74, 6) is 0. The molecule has 0 saturated carbocycles. The molecule has 0 aromatic rings. The molecule has 0 atom stereocenters. The number of nitrogens with zero attached hydrogens (tertiary/aromatic N) is 2. The topological polar surface area (TPSA) is 47.6 Å². The van der Waals surface area contributed by atoms with Crippen LogP contribution in [0, 0.1) is 22.7 Å². The second kappa shape index (κ2) is 9.38. The van der Waals surface area contributed by atoms with Gasteiger partial charge in [-0.2, -0.15) is 10.5 Å². The maximum atomic E-state index is 7.26. The number of hydrogen-bond donors (Lipinski definition) is 0. The predicted octanol–water partition coefficient (Wildman–Crippen LogP) is 0.0311. The molecule has 0 aromatic heterocycles. The Morgan fingerprint density at radius 3 is 1.20 bits per heavy atom. The van der Waals surface area contributed by atoms with Crippen molar-refractivity contribution in [1.29, 1.82) is 10.5 Å². The van der Waals surface area contributed by atoms with Crippen molar-refractivity contribution in [2.24, 2.45) is 0 Å². The van der Waals surface area contributed by atoms with Crippen molar-refractivity contribution < 1.29 is 21.1 Å². The van der Waals surface area contributed by atoms with Crippen LogP contribution in [0.5, 0.6) is 0 Å². The first-order valence-corrected chi connectivity index (χ1v) is 0.697. The second-order valence-electron chi connectivity index (χ2n) is 0.224. The molecule has 2 nitrogen and oxygen atoms in total. The zero-order valence-corrected chi connectivity index (χ0v) is 4.48. The van der Waals surface area contributed by atoms with E-state index in [4.69, 9.17) is 10.5 Å². The van der Waals surface area contributed by atoms with E-state index in [2.05, 4.69) is 0 Å². The molecule has 0 N–H and O–H groups in total. The molecule has 0 spiro atoms. The van der Waals surface area contributed by atoms with Crippen molar-refractivity contribution in [3.8, 4) is 12.1 Å². The van der Waals surface area contributed by atoms with Crippen molar-refractivity contribution in [3.63, 3.8) is 0 Å². The van der Waals surface area contributed by atoms with E-state index >= 15 is 0 Å². The summed E-state index contributed by atoms with van der Waals surface area (Å²) in [6.07, 6.45) is 0. The molecule has 0 heterocycles. The van der Waals surface area contributed by atoms with Gasteiger partial charge in [-0.05, 0) is 0 Å². The first-order chi connectivity index (χ1) is 1.91. The number of rotatable bonds is 0. The zero-order chi connectivity index (χ0) is 3.41. The van der Waals surface area contributed by atoms with Crippen LogP contribution in [-0.2, 0) is 21.1 Å². The van der Waals surface area contributed by atoms with Gasteiger partial charge in [0.2, 0.25) is 0 Å². The van der Waals surface area contributed by atoms with Crippen LogP contribution < -0.4 is 0 Å². The van der Waals surface area contributed by atoms with E-state index < -0.39 is 0 Å². The van der Waals surface area contributed by atoms with Crippen LogP contribution in [0.3, 0.4) is 0 Å². The first-order valence-electron chi connectivity index (χ1n) is 0.697. The SMILES string of the molecule is N#CC#N.[Pt]. The third-order valence-electron chi connectivity index (χ3n) is 0.0500. The number of hydrogen-bond acceptors (Lipinski definition) is 2. The largest absolute Gasteiger partial charge is 0.181 e. The summed E-state index contributed by atoms with van der Waals surface area (Å²) in [5, 5.41) is 14.5. The fourth-order valence-electron chi connectivity index (χ4n) is 0. The van der Waals surface area contributed by atoms with Gasteiger partial charge in [0.1, 0.15) is 0 Å². The normalized spacial score (nSPS) is 2.00. The summed E-state index contributed by atoms with van der Waals surface area (Å²) in [5.41, 5.74) is 0. The first kappa shape index (κ1) is 8.82. The molecule has 28 valence electrons. The average Bonchev–Trinajstić information content (AvgIpc) is 1.37. The van der Waals surface area contributed by atoms with Crippen molar-refractivity contribution >= 4 is 0 Å². The fourth-order valence-corrected chi connectivity index (χ4v) is 0. The van der Waals surface area contributed by atoms with E-state index in [1.54, 1.807) is 0 Å². The molecule has 0 aliphatic rings. The van der Waals surface area contributed by atoms with Crippen molar-refractivity contribution in [2.75, 3.05) is 0 Å². The predicted molar refractivity (Wildman–Crippen MR) is 11.2 cm³/mol. The molecule has 0 aromatic carbocycles. The van der Waals surface area contributed by atoms with E-state index in [-0.39, 0.29) is 21.1 Å². The molecule has 3 heteroatoms. The molecule has 5 heavy (non-hydrogen) atoms. The standard InChI is InChI=1S/C2N2.Pt/c3-1-2-4;. The third-order valence-corrected chi connectivity index (χ3v) is 0.0500. The molecule has 0 bridgehead atoms. The molecule has 0 saturated heterocycles. The minimum Gasteiger partial charge on any atom is -0.181 e. The van der Waals surface area contributed by atoms with Gasteiger partial charge in [-0.15, -0.1) is 0 Å². The molecule has 0 fully saturated rings. The second-order valence-corrected chi connectivity index (χ2v) is 0.224.